The number of rotatable bonds is 3. The molecule has 0 N–H and O–H groups in total. The van der Waals surface area contributed by atoms with Crippen LogP contribution in [0.1, 0.15) is 0 Å². The summed E-state index contributed by atoms with van der Waals surface area (Å²) < 4.78 is 5.62. The number of thioether (sulfide) groups is 1. The number of para-hydroxylation sites is 1. The van der Waals surface area contributed by atoms with Crippen LogP contribution in [0, 0.1) is 0 Å². The van der Waals surface area contributed by atoms with Crippen LogP contribution < -0.4 is 4.74 Å². The van der Waals surface area contributed by atoms with Gasteiger partial charge in [0.2, 0.25) is 11.2 Å². The molecule has 0 amide bonds. The van der Waals surface area contributed by atoms with Crippen molar-refractivity contribution in [2.45, 2.75) is 4.90 Å². The number of halogens is 1. The fraction of sp³-hybridized carbons (Fsp3) is 0.0909. The summed E-state index contributed by atoms with van der Waals surface area (Å²) in [6, 6.07) is 9.43. The van der Waals surface area contributed by atoms with Crippen LogP contribution in [0.15, 0.2) is 41.4 Å². The van der Waals surface area contributed by atoms with Crippen LogP contribution in [-0.4, -0.2) is 16.2 Å². The van der Waals surface area contributed by atoms with Gasteiger partial charge in [0.25, 0.3) is 0 Å². The molecule has 0 bridgehead atoms. The minimum Gasteiger partial charge on any atom is -0.438 e. The van der Waals surface area contributed by atoms with Gasteiger partial charge in [-0.15, -0.1) is 11.8 Å². The Morgan fingerprint density at radius 3 is 2.81 bits per heavy atom. The predicted octanol–water partition coefficient (Wildman–Crippen LogP) is 3.64. The van der Waals surface area contributed by atoms with Gasteiger partial charge in [0.15, 0.2) is 0 Å². The van der Waals surface area contributed by atoms with E-state index < -0.39 is 0 Å². The highest BCUT2D eigenvalue weighted by atomic mass is 35.5. The number of aromatic nitrogens is 2. The molecule has 0 fully saturated rings. The lowest BCUT2D eigenvalue weighted by molar-refractivity contribution is 0.451. The van der Waals surface area contributed by atoms with Gasteiger partial charge in [-0.2, -0.15) is 4.98 Å². The van der Waals surface area contributed by atoms with E-state index in [0.29, 0.717) is 5.88 Å². The normalized spacial score (nSPS) is 10.1. The van der Waals surface area contributed by atoms with E-state index in [2.05, 4.69) is 9.97 Å². The van der Waals surface area contributed by atoms with Crippen LogP contribution in [0.25, 0.3) is 0 Å². The fourth-order valence-corrected chi connectivity index (χ4v) is 1.86. The summed E-state index contributed by atoms with van der Waals surface area (Å²) >= 11 is 7.29. The monoisotopic (exact) mass is 252 g/mol. The van der Waals surface area contributed by atoms with Gasteiger partial charge < -0.3 is 4.74 Å². The summed E-state index contributed by atoms with van der Waals surface area (Å²) in [5, 5.41) is 0.180. The zero-order chi connectivity index (χ0) is 11.4. The van der Waals surface area contributed by atoms with Crippen molar-refractivity contribution in [3.05, 3.63) is 41.8 Å². The molecule has 0 aliphatic heterocycles. The first-order valence-electron chi connectivity index (χ1n) is 4.59. The average Bonchev–Trinajstić information content (AvgIpc) is 2.30. The third-order valence-electron chi connectivity index (χ3n) is 1.88. The highest BCUT2D eigenvalue weighted by Gasteiger charge is 2.04. The number of ether oxygens (including phenoxy) is 1. The van der Waals surface area contributed by atoms with Gasteiger partial charge in [-0.05, 0) is 30.0 Å². The molecule has 82 valence electrons. The number of benzene rings is 1. The molecule has 2 aromatic rings. The van der Waals surface area contributed by atoms with Gasteiger partial charge in [0, 0.05) is 17.2 Å². The van der Waals surface area contributed by atoms with Crippen molar-refractivity contribution in [1.82, 2.24) is 9.97 Å². The Hall–Kier alpha value is -1.26. The van der Waals surface area contributed by atoms with E-state index in [1.807, 2.05) is 30.5 Å². The summed E-state index contributed by atoms with van der Waals surface area (Å²) in [6.07, 6.45) is 3.56. The SMILES string of the molecule is CSc1ccccc1Oc1ccnc(Cl)n1. The lowest BCUT2D eigenvalue weighted by Crippen LogP contribution is -1.90. The Balaban J connectivity index is 2.26. The maximum absolute atomic E-state index is 5.68. The number of hydrogen-bond donors (Lipinski definition) is 0. The highest BCUT2D eigenvalue weighted by molar-refractivity contribution is 7.98. The fourth-order valence-electron chi connectivity index (χ4n) is 1.19. The smallest absolute Gasteiger partial charge is 0.225 e. The summed E-state index contributed by atoms with van der Waals surface area (Å²) in [7, 11) is 0. The lowest BCUT2D eigenvalue weighted by atomic mass is 10.3. The van der Waals surface area contributed by atoms with Gasteiger partial charge in [-0.25, -0.2) is 4.98 Å². The molecule has 1 aromatic carbocycles. The van der Waals surface area contributed by atoms with Crippen LogP contribution in [0.4, 0.5) is 0 Å². The van der Waals surface area contributed by atoms with Gasteiger partial charge in [-0.1, -0.05) is 12.1 Å². The number of nitrogens with zero attached hydrogens (tertiary/aromatic N) is 2. The largest absolute Gasteiger partial charge is 0.438 e. The first kappa shape index (κ1) is 11.2. The van der Waals surface area contributed by atoms with Crippen LogP contribution in [0.3, 0.4) is 0 Å². The molecule has 0 spiro atoms. The Labute approximate surface area is 103 Å². The molecule has 0 radical (unpaired) electrons. The van der Waals surface area contributed by atoms with E-state index in [0.717, 1.165) is 10.6 Å². The van der Waals surface area contributed by atoms with Crippen LogP contribution >= 0.6 is 23.4 Å². The molecule has 0 atom stereocenters. The quantitative estimate of drug-likeness (QED) is 0.617. The van der Waals surface area contributed by atoms with Gasteiger partial charge in [-0.3, -0.25) is 0 Å². The Morgan fingerprint density at radius 2 is 2.06 bits per heavy atom. The zero-order valence-corrected chi connectivity index (χ0v) is 10.1. The minimum atomic E-state index is 0.180. The van der Waals surface area contributed by atoms with Gasteiger partial charge in [0.1, 0.15) is 5.75 Å². The zero-order valence-electron chi connectivity index (χ0n) is 8.55. The molecule has 0 saturated carbocycles. The molecule has 1 aromatic heterocycles. The minimum absolute atomic E-state index is 0.180. The van der Waals surface area contributed by atoms with E-state index in [4.69, 9.17) is 16.3 Å². The first-order chi connectivity index (χ1) is 7.79. The standard InChI is InChI=1S/C11H9ClN2OS/c1-16-9-5-3-2-4-8(9)15-10-6-7-13-11(12)14-10/h2-7H,1H3. The van der Waals surface area contributed by atoms with Crippen molar-refractivity contribution >= 4 is 23.4 Å². The first-order valence-corrected chi connectivity index (χ1v) is 6.19. The van der Waals surface area contributed by atoms with E-state index in [-0.39, 0.29) is 5.28 Å². The van der Waals surface area contributed by atoms with Gasteiger partial charge in [0.05, 0.1) is 0 Å². The molecule has 0 unspecified atom stereocenters. The van der Waals surface area contributed by atoms with Crippen molar-refractivity contribution < 1.29 is 4.74 Å². The molecule has 5 heteroatoms. The summed E-state index contributed by atoms with van der Waals surface area (Å²) in [5.74, 6) is 1.21. The second-order valence-corrected chi connectivity index (χ2v) is 4.10. The third-order valence-corrected chi connectivity index (χ3v) is 2.84. The lowest BCUT2D eigenvalue weighted by Gasteiger charge is -2.07. The molecular weight excluding hydrogens is 244 g/mol. The van der Waals surface area contributed by atoms with Crippen LogP contribution in [0.5, 0.6) is 11.6 Å². The Bertz CT molecular complexity index is 493. The average molecular weight is 253 g/mol. The van der Waals surface area contributed by atoms with E-state index >= 15 is 0 Å². The third kappa shape index (κ3) is 2.65. The molecule has 0 aliphatic rings. The van der Waals surface area contributed by atoms with Crippen LogP contribution in [0.2, 0.25) is 5.28 Å². The molecule has 1 heterocycles. The second-order valence-electron chi connectivity index (χ2n) is 2.92. The summed E-state index contributed by atoms with van der Waals surface area (Å²) in [6.45, 7) is 0. The molecular formula is C11H9ClN2OS. The maximum Gasteiger partial charge on any atom is 0.225 e. The van der Waals surface area contributed by atoms with Crippen molar-refractivity contribution in [2.24, 2.45) is 0 Å². The summed E-state index contributed by atoms with van der Waals surface area (Å²) in [5.41, 5.74) is 0. The molecule has 0 aliphatic carbocycles. The van der Waals surface area contributed by atoms with Gasteiger partial charge >= 0.3 is 0 Å². The number of hydrogen-bond acceptors (Lipinski definition) is 4. The molecule has 16 heavy (non-hydrogen) atoms. The van der Waals surface area contributed by atoms with Crippen molar-refractivity contribution in [1.29, 1.82) is 0 Å². The van der Waals surface area contributed by atoms with E-state index in [9.17, 15) is 0 Å². The Kier molecular flexibility index (Phi) is 3.64. The van der Waals surface area contributed by atoms with E-state index in [1.54, 1.807) is 24.0 Å². The highest BCUT2D eigenvalue weighted by Crippen LogP contribution is 2.30. The van der Waals surface area contributed by atoms with Crippen molar-refractivity contribution in [3.63, 3.8) is 0 Å². The molecule has 2 rings (SSSR count). The Morgan fingerprint density at radius 1 is 1.25 bits per heavy atom. The van der Waals surface area contributed by atoms with Crippen molar-refractivity contribution in [2.75, 3.05) is 6.26 Å². The topological polar surface area (TPSA) is 35.0 Å². The summed E-state index contributed by atoms with van der Waals surface area (Å²) in [4.78, 5) is 8.81. The second kappa shape index (κ2) is 5.18. The maximum atomic E-state index is 5.68. The predicted molar refractivity (Wildman–Crippen MR) is 65.3 cm³/mol. The van der Waals surface area contributed by atoms with E-state index in [1.165, 1.54) is 0 Å². The molecule has 3 nitrogen and oxygen atoms in total. The van der Waals surface area contributed by atoms with Crippen LogP contribution in [-0.2, 0) is 0 Å². The molecule has 0 saturated heterocycles. The van der Waals surface area contributed by atoms with Crippen molar-refractivity contribution in [3.8, 4) is 11.6 Å².